The van der Waals surface area contributed by atoms with Crippen molar-refractivity contribution in [1.29, 1.82) is 0 Å². The summed E-state index contributed by atoms with van der Waals surface area (Å²) in [6.07, 6.45) is 0. The van der Waals surface area contributed by atoms with Crippen LogP contribution in [0.1, 0.15) is 12.6 Å². The normalized spacial score (nSPS) is 11.9. The maximum atomic E-state index is 11.2. The first kappa shape index (κ1) is 11.5. The van der Waals surface area contributed by atoms with Crippen molar-refractivity contribution in [3.05, 3.63) is 16.4 Å². The molecule has 1 aromatic heterocycles. The molecule has 1 aromatic rings. The Labute approximate surface area is 88.8 Å². The molecule has 1 heterocycles. The summed E-state index contributed by atoms with van der Waals surface area (Å²) in [5, 5.41) is 2.99. The zero-order chi connectivity index (χ0) is 10.8. The Morgan fingerprint density at radius 2 is 2.21 bits per heavy atom. The summed E-state index contributed by atoms with van der Waals surface area (Å²) in [6.45, 7) is 3.94. The third-order valence-electron chi connectivity index (χ3n) is 1.98. The van der Waals surface area contributed by atoms with Crippen LogP contribution in [-0.4, -0.2) is 29.7 Å². The summed E-state index contributed by atoms with van der Waals surface area (Å²) in [6, 6.07) is 1.81. The molecule has 4 nitrogen and oxygen atoms in total. The Hall–Kier alpha value is -0.620. The molecule has 80 valence electrons. The topological polar surface area (TPSA) is 54.9 Å². The fourth-order valence-corrected chi connectivity index (χ4v) is 2.17. The molecular weight excluding hydrogens is 220 g/mol. The number of hydrogen-bond donors (Lipinski definition) is 1. The van der Waals surface area contributed by atoms with Crippen molar-refractivity contribution >= 4 is 22.1 Å². The minimum absolute atomic E-state index is 0.137. The zero-order valence-corrected chi connectivity index (χ0v) is 9.91. The molecule has 0 aromatic carbocycles. The number of H-pyrrole nitrogens is 1. The highest BCUT2D eigenvalue weighted by atomic mass is 32.2. The van der Waals surface area contributed by atoms with Gasteiger partial charge in [-0.05, 0) is 13.0 Å². The van der Waals surface area contributed by atoms with Gasteiger partial charge in [-0.3, -0.25) is 4.68 Å². The van der Waals surface area contributed by atoms with Gasteiger partial charge in [0, 0.05) is 11.4 Å². The number of aromatic amines is 1. The molecule has 14 heavy (non-hydrogen) atoms. The smallest absolute Gasteiger partial charge is 0.151 e. The summed E-state index contributed by atoms with van der Waals surface area (Å²) < 4.78 is 24.8. The molecule has 0 aliphatic rings. The summed E-state index contributed by atoms with van der Waals surface area (Å²) in [5.74, 6) is 0.317. The van der Waals surface area contributed by atoms with Crippen molar-refractivity contribution in [3.8, 4) is 0 Å². The molecule has 0 unspecified atom stereocenters. The van der Waals surface area contributed by atoms with Crippen LogP contribution < -0.4 is 0 Å². The van der Waals surface area contributed by atoms with Crippen molar-refractivity contribution in [2.45, 2.75) is 20.4 Å². The SMILES string of the molecule is CCS(=O)(=O)CCn1[nH]c(C)cc1=S. The second kappa shape index (κ2) is 4.27. The monoisotopic (exact) mass is 234 g/mol. The Kier molecular flexibility index (Phi) is 3.49. The van der Waals surface area contributed by atoms with E-state index in [2.05, 4.69) is 5.10 Å². The number of aromatic nitrogens is 2. The molecule has 1 N–H and O–H groups in total. The van der Waals surface area contributed by atoms with E-state index in [0.717, 1.165) is 5.69 Å². The first-order chi connectivity index (χ1) is 6.44. The summed E-state index contributed by atoms with van der Waals surface area (Å²) >= 11 is 5.03. The summed E-state index contributed by atoms with van der Waals surface area (Å²) in [7, 11) is -2.91. The minimum atomic E-state index is -2.91. The van der Waals surface area contributed by atoms with Crippen molar-refractivity contribution < 1.29 is 8.42 Å². The van der Waals surface area contributed by atoms with E-state index in [0.29, 0.717) is 11.2 Å². The van der Waals surface area contributed by atoms with E-state index in [1.807, 2.05) is 13.0 Å². The van der Waals surface area contributed by atoms with Crippen LogP contribution in [0.3, 0.4) is 0 Å². The van der Waals surface area contributed by atoms with E-state index in [1.54, 1.807) is 11.6 Å². The number of hydrogen-bond acceptors (Lipinski definition) is 3. The first-order valence-corrected chi connectivity index (χ1v) is 6.64. The van der Waals surface area contributed by atoms with E-state index in [1.165, 1.54) is 0 Å². The van der Waals surface area contributed by atoms with Gasteiger partial charge in [0.15, 0.2) is 9.84 Å². The standard InChI is InChI=1S/C8H14N2O2S2/c1-3-14(11,12)5-4-10-8(13)6-7(2)9-10/h6,9H,3-5H2,1-2H3. The summed E-state index contributed by atoms with van der Waals surface area (Å²) in [5.41, 5.74) is 0.948. The lowest BCUT2D eigenvalue weighted by atomic mass is 10.5. The fourth-order valence-electron chi connectivity index (χ4n) is 1.10. The van der Waals surface area contributed by atoms with Gasteiger partial charge in [-0.1, -0.05) is 19.1 Å². The van der Waals surface area contributed by atoms with E-state index in [4.69, 9.17) is 12.2 Å². The third-order valence-corrected chi connectivity index (χ3v) is 4.01. The van der Waals surface area contributed by atoms with Gasteiger partial charge < -0.3 is 5.10 Å². The van der Waals surface area contributed by atoms with Gasteiger partial charge in [0.05, 0.1) is 12.3 Å². The largest absolute Gasteiger partial charge is 0.302 e. The highest BCUT2D eigenvalue weighted by molar-refractivity contribution is 7.91. The van der Waals surface area contributed by atoms with Gasteiger partial charge >= 0.3 is 0 Å². The highest BCUT2D eigenvalue weighted by Crippen LogP contribution is 1.99. The lowest BCUT2D eigenvalue weighted by molar-refractivity contribution is 0.579. The molecule has 0 saturated heterocycles. The molecule has 6 heteroatoms. The van der Waals surface area contributed by atoms with E-state index < -0.39 is 9.84 Å². The highest BCUT2D eigenvalue weighted by Gasteiger charge is 2.07. The predicted molar refractivity (Wildman–Crippen MR) is 58.7 cm³/mol. The van der Waals surface area contributed by atoms with Crippen molar-refractivity contribution in [2.24, 2.45) is 0 Å². The average molecular weight is 234 g/mol. The fraction of sp³-hybridized carbons (Fsp3) is 0.625. The molecular formula is C8H14N2O2S2. The predicted octanol–water partition coefficient (Wildman–Crippen LogP) is 1.29. The van der Waals surface area contributed by atoms with Gasteiger partial charge in [-0.2, -0.15) is 0 Å². The minimum Gasteiger partial charge on any atom is -0.302 e. The van der Waals surface area contributed by atoms with Crippen LogP contribution in [0.4, 0.5) is 0 Å². The van der Waals surface area contributed by atoms with E-state index in [-0.39, 0.29) is 11.5 Å². The van der Waals surface area contributed by atoms with Crippen LogP contribution in [0.2, 0.25) is 0 Å². The molecule has 0 aliphatic heterocycles. The Bertz CT molecular complexity index is 456. The van der Waals surface area contributed by atoms with Crippen LogP contribution >= 0.6 is 12.2 Å². The molecule has 0 saturated carbocycles. The van der Waals surface area contributed by atoms with Crippen LogP contribution in [0, 0.1) is 11.6 Å². The maximum absolute atomic E-state index is 11.2. The molecule has 0 radical (unpaired) electrons. The van der Waals surface area contributed by atoms with Crippen molar-refractivity contribution in [1.82, 2.24) is 9.78 Å². The average Bonchev–Trinajstić information content (AvgIpc) is 2.42. The van der Waals surface area contributed by atoms with E-state index >= 15 is 0 Å². The van der Waals surface area contributed by atoms with Crippen molar-refractivity contribution in [2.75, 3.05) is 11.5 Å². The summed E-state index contributed by atoms with van der Waals surface area (Å²) in [4.78, 5) is 0. The lowest BCUT2D eigenvalue weighted by Gasteiger charge is -2.02. The van der Waals surface area contributed by atoms with E-state index in [9.17, 15) is 8.42 Å². The number of nitrogens with zero attached hydrogens (tertiary/aromatic N) is 1. The van der Waals surface area contributed by atoms with Gasteiger partial charge in [0.25, 0.3) is 0 Å². The molecule has 0 atom stereocenters. The lowest BCUT2D eigenvalue weighted by Crippen LogP contribution is -2.15. The van der Waals surface area contributed by atoms with Crippen LogP contribution in [-0.2, 0) is 16.4 Å². The Balaban J connectivity index is 2.72. The van der Waals surface area contributed by atoms with Gasteiger partial charge in [-0.15, -0.1) is 0 Å². The first-order valence-electron chi connectivity index (χ1n) is 4.41. The van der Waals surface area contributed by atoms with Gasteiger partial charge in [0.1, 0.15) is 4.64 Å². The zero-order valence-electron chi connectivity index (χ0n) is 8.28. The van der Waals surface area contributed by atoms with Crippen LogP contribution in [0.15, 0.2) is 6.07 Å². The van der Waals surface area contributed by atoms with Crippen LogP contribution in [0.5, 0.6) is 0 Å². The third kappa shape index (κ3) is 2.95. The quantitative estimate of drug-likeness (QED) is 0.799. The number of rotatable bonds is 4. The molecule has 0 spiro atoms. The maximum Gasteiger partial charge on any atom is 0.151 e. The number of aryl methyl sites for hydroxylation is 2. The van der Waals surface area contributed by atoms with Crippen molar-refractivity contribution in [3.63, 3.8) is 0 Å². The molecule has 0 aliphatic carbocycles. The van der Waals surface area contributed by atoms with Gasteiger partial charge in [0.2, 0.25) is 0 Å². The molecule has 0 fully saturated rings. The molecule has 0 amide bonds. The Morgan fingerprint density at radius 1 is 1.57 bits per heavy atom. The molecule has 0 bridgehead atoms. The Morgan fingerprint density at radius 3 is 2.64 bits per heavy atom. The second-order valence-corrected chi connectivity index (χ2v) is 6.06. The second-order valence-electron chi connectivity index (χ2n) is 3.17. The molecule has 1 rings (SSSR count). The number of nitrogens with one attached hydrogen (secondary N) is 1. The number of sulfone groups is 1. The van der Waals surface area contributed by atoms with Crippen LogP contribution in [0.25, 0.3) is 0 Å². The van der Waals surface area contributed by atoms with Gasteiger partial charge in [-0.25, -0.2) is 8.42 Å².